The molecule has 2 rings (SSSR count). The molecule has 0 atom stereocenters. The van der Waals surface area contributed by atoms with E-state index in [1.807, 2.05) is 0 Å². The number of hydrogen-bond acceptors (Lipinski definition) is 6. The molecule has 32 heavy (non-hydrogen) atoms. The maximum Gasteiger partial charge on any atom is 0.282 e. The Bertz CT molecular complexity index is 1000. The molecule has 0 radical (unpaired) electrons. The SMILES string of the molecule is CCCCCCOc1ccc(C(=O)NC(=S)NNC(=O)c2ccccc2[N+](=O)[O-])cc1Br. The van der Waals surface area contributed by atoms with Crippen molar-refractivity contribution in [2.24, 2.45) is 0 Å². The van der Waals surface area contributed by atoms with Crippen LogP contribution in [0, 0.1) is 10.1 Å². The van der Waals surface area contributed by atoms with E-state index in [4.69, 9.17) is 17.0 Å². The van der Waals surface area contributed by atoms with Gasteiger partial charge in [0.15, 0.2) is 5.11 Å². The lowest BCUT2D eigenvalue weighted by Crippen LogP contribution is -2.48. The number of para-hydroxylation sites is 1. The minimum atomic E-state index is -0.767. The lowest BCUT2D eigenvalue weighted by molar-refractivity contribution is -0.385. The topological polar surface area (TPSA) is 123 Å². The molecular weight excluding hydrogens is 500 g/mol. The van der Waals surface area contributed by atoms with Crippen LogP contribution in [0.25, 0.3) is 0 Å². The van der Waals surface area contributed by atoms with Crippen LogP contribution in [0.4, 0.5) is 5.69 Å². The number of nitrogens with one attached hydrogen (secondary N) is 3. The minimum Gasteiger partial charge on any atom is -0.492 e. The van der Waals surface area contributed by atoms with Gasteiger partial charge < -0.3 is 4.74 Å². The smallest absolute Gasteiger partial charge is 0.282 e. The van der Waals surface area contributed by atoms with Crippen molar-refractivity contribution in [3.63, 3.8) is 0 Å². The third-order valence-corrected chi connectivity index (χ3v) is 5.14. The molecule has 0 aliphatic heterocycles. The van der Waals surface area contributed by atoms with Crippen LogP contribution in [0.15, 0.2) is 46.9 Å². The Morgan fingerprint density at radius 2 is 1.84 bits per heavy atom. The van der Waals surface area contributed by atoms with E-state index < -0.39 is 16.7 Å². The van der Waals surface area contributed by atoms with Crippen molar-refractivity contribution in [3.8, 4) is 5.75 Å². The first-order valence-corrected chi connectivity index (χ1v) is 11.1. The van der Waals surface area contributed by atoms with Crippen LogP contribution in [-0.4, -0.2) is 28.5 Å². The largest absolute Gasteiger partial charge is 0.492 e. The number of unbranched alkanes of at least 4 members (excludes halogenated alkanes) is 3. The molecule has 0 aliphatic rings. The number of ether oxygens (including phenoxy) is 1. The molecule has 0 bridgehead atoms. The summed E-state index contributed by atoms with van der Waals surface area (Å²) < 4.78 is 6.35. The molecule has 2 aromatic carbocycles. The number of hydrogen-bond donors (Lipinski definition) is 3. The fourth-order valence-electron chi connectivity index (χ4n) is 2.68. The molecule has 9 nitrogen and oxygen atoms in total. The standard InChI is InChI=1S/C21H23BrN4O5S/c1-2-3-4-7-12-31-18-11-10-14(13-16(18)22)19(27)23-21(32)25-24-20(28)15-8-5-6-9-17(15)26(29)30/h5-6,8-11,13H,2-4,7,12H2,1H3,(H,24,28)(H2,23,25,27,32). The van der Waals surface area contributed by atoms with E-state index in [0.29, 0.717) is 22.4 Å². The van der Waals surface area contributed by atoms with Crippen molar-refractivity contribution >= 4 is 50.8 Å². The van der Waals surface area contributed by atoms with Gasteiger partial charge in [-0.1, -0.05) is 38.3 Å². The number of benzene rings is 2. The van der Waals surface area contributed by atoms with Gasteiger partial charge in [-0.3, -0.25) is 35.9 Å². The zero-order chi connectivity index (χ0) is 23.5. The van der Waals surface area contributed by atoms with Gasteiger partial charge in [-0.2, -0.15) is 0 Å². The van der Waals surface area contributed by atoms with E-state index in [2.05, 4.69) is 39.0 Å². The van der Waals surface area contributed by atoms with Crippen molar-refractivity contribution in [1.82, 2.24) is 16.2 Å². The third-order valence-electron chi connectivity index (χ3n) is 4.31. The van der Waals surface area contributed by atoms with Gasteiger partial charge in [0, 0.05) is 11.6 Å². The molecule has 0 spiro atoms. The van der Waals surface area contributed by atoms with Crippen molar-refractivity contribution in [2.45, 2.75) is 32.6 Å². The van der Waals surface area contributed by atoms with E-state index in [0.717, 1.165) is 19.3 Å². The number of nitro benzene ring substituents is 1. The Balaban J connectivity index is 1.87. The van der Waals surface area contributed by atoms with Crippen LogP contribution in [-0.2, 0) is 0 Å². The number of rotatable bonds is 9. The molecule has 0 unspecified atom stereocenters. The Hall–Kier alpha value is -3.05. The highest BCUT2D eigenvalue weighted by molar-refractivity contribution is 9.10. The van der Waals surface area contributed by atoms with Crippen LogP contribution < -0.4 is 20.9 Å². The van der Waals surface area contributed by atoms with E-state index in [9.17, 15) is 19.7 Å². The van der Waals surface area contributed by atoms with E-state index in [-0.39, 0.29) is 16.4 Å². The lowest BCUT2D eigenvalue weighted by atomic mass is 10.2. The summed E-state index contributed by atoms with van der Waals surface area (Å²) in [7, 11) is 0. The highest BCUT2D eigenvalue weighted by atomic mass is 79.9. The fraction of sp³-hybridized carbons (Fsp3) is 0.286. The number of nitro groups is 1. The number of thiocarbonyl (C=S) groups is 1. The monoisotopic (exact) mass is 522 g/mol. The van der Waals surface area contributed by atoms with Gasteiger partial charge in [-0.25, -0.2) is 0 Å². The van der Waals surface area contributed by atoms with Crippen LogP contribution >= 0.6 is 28.1 Å². The molecule has 3 N–H and O–H groups in total. The summed E-state index contributed by atoms with van der Waals surface area (Å²) in [6, 6.07) is 10.4. The second-order valence-electron chi connectivity index (χ2n) is 6.69. The van der Waals surface area contributed by atoms with Gasteiger partial charge in [0.25, 0.3) is 17.5 Å². The van der Waals surface area contributed by atoms with Crippen molar-refractivity contribution in [3.05, 3.63) is 68.2 Å². The number of carbonyl (C=O) groups is 2. The zero-order valence-electron chi connectivity index (χ0n) is 17.4. The molecule has 0 aliphatic carbocycles. The fourth-order valence-corrected chi connectivity index (χ4v) is 3.32. The summed E-state index contributed by atoms with van der Waals surface area (Å²) in [6.45, 7) is 2.74. The van der Waals surface area contributed by atoms with Gasteiger partial charge in [0.05, 0.1) is 16.0 Å². The minimum absolute atomic E-state index is 0.145. The average Bonchev–Trinajstić information content (AvgIpc) is 2.78. The predicted octanol–water partition coefficient (Wildman–Crippen LogP) is 4.27. The molecule has 170 valence electrons. The summed E-state index contributed by atoms with van der Waals surface area (Å²) in [5.74, 6) is -0.634. The molecular formula is C21H23BrN4O5S. The molecule has 0 saturated heterocycles. The van der Waals surface area contributed by atoms with Gasteiger partial charge >= 0.3 is 0 Å². The first-order valence-electron chi connectivity index (χ1n) is 9.91. The van der Waals surface area contributed by atoms with Gasteiger partial charge in [-0.15, -0.1) is 0 Å². The molecule has 0 heterocycles. The Morgan fingerprint density at radius 3 is 2.53 bits per heavy atom. The van der Waals surface area contributed by atoms with Crippen molar-refractivity contribution in [1.29, 1.82) is 0 Å². The predicted molar refractivity (Wildman–Crippen MR) is 128 cm³/mol. The number of carbonyl (C=O) groups excluding carboxylic acids is 2. The summed E-state index contributed by atoms with van der Waals surface area (Å²) in [5, 5.41) is 13.3. The summed E-state index contributed by atoms with van der Waals surface area (Å²) in [4.78, 5) is 35.0. The van der Waals surface area contributed by atoms with Crippen molar-refractivity contribution < 1.29 is 19.2 Å². The maximum absolute atomic E-state index is 12.4. The molecule has 0 aromatic heterocycles. The average molecular weight is 523 g/mol. The number of hydrazine groups is 1. The van der Waals surface area contributed by atoms with Crippen LogP contribution in [0.3, 0.4) is 0 Å². The summed E-state index contributed by atoms with van der Waals surface area (Å²) in [5.41, 5.74) is 4.42. The van der Waals surface area contributed by atoms with Crippen LogP contribution in [0.1, 0.15) is 53.3 Å². The molecule has 0 saturated carbocycles. The third kappa shape index (κ3) is 7.57. The normalized spacial score (nSPS) is 10.2. The molecule has 2 amide bonds. The molecule has 0 fully saturated rings. The number of amides is 2. The highest BCUT2D eigenvalue weighted by Gasteiger charge is 2.19. The zero-order valence-corrected chi connectivity index (χ0v) is 19.8. The van der Waals surface area contributed by atoms with E-state index >= 15 is 0 Å². The molecule has 2 aromatic rings. The second-order valence-corrected chi connectivity index (χ2v) is 7.95. The first kappa shape index (κ1) is 25.2. The van der Waals surface area contributed by atoms with Crippen LogP contribution in [0.5, 0.6) is 5.75 Å². The van der Waals surface area contributed by atoms with E-state index in [1.165, 1.54) is 30.7 Å². The quantitative estimate of drug-likeness (QED) is 0.194. The van der Waals surface area contributed by atoms with Gasteiger partial charge in [0.1, 0.15) is 11.3 Å². The summed E-state index contributed by atoms with van der Waals surface area (Å²) in [6.07, 6.45) is 4.38. The Kier molecular flexibility index (Phi) is 10.0. The van der Waals surface area contributed by atoms with Gasteiger partial charge in [0.2, 0.25) is 0 Å². The van der Waals surface area contributed by atoms with Crippen molar-refractivity contribution in [2.75, 3.05) is 6.61 Å². The Morgan fingerprint density at radius 1 is 1.09 bits per heavy atom. The maximum atomic E-state index is 12.4. The highest BCUT2D eigenvalue weighted by Crippen LogP contribution is 2.26. The van der Waals surface area contributed by atoms with Gasteiger partial charge in [-0.05, 0) is 58.8 Å². The molecule has 11 heteroatoms. The van der Waals surface area contributed by atoms with E-state index in [1.54, 1.807) is 18.2 Å². The Labute approximate surface area is 199 Å². The second kappa shape index (κ2) is 12.7. The first-order chi connectivity index (χ1) is 15.3. The number of halogens is 1. The lowest BCUT2D eigenvalue weighted by Gasteiger charge is -2.12. The number of nitrogens with zero attached hydrogens (tertiary/aromatic N) is 1. The van der Waals surface area contributed by atoms with Crippen LogP contribution in [0.2, 0.25) is 0 Å². The summed E-state index contributed by atoms with van der Waals surface area (Å²) >= 11 is 8.40.